The molecule has 0 N–H and O–H groups in total. The van der Waals surface area contributed by atoms with Crippen LogP contribution in [0.15, 0.2) is 510 Å². The maximum atomic E-state index is 14.9. The van der Waals surface area contributed by atoms with Crippen LogP contribution >= 0.6 is 7.14 Å². The highest BCUT2D eigenvalue weighted by atomic mass is 31.2. The van der Waals surface area contributed by atoms with Gasteiger partial charge < -0.3 is 4.57 Å². The predicted octanol–water partition coefficient (Wildman–Crippen LogP) is 33.9. The van der Waals surface area contributed by atoms with Crippen LogP contribution in [0.4, 0.5) is 0 Å². The van der Waals surface area contributed by atoms with Crippen molar-refractivity contribution in [1.29, 1.82) is 0 Å². The Morgan fingerprint density at radius 3 is 0.837 bits per heavy atom. The first kappa shape index (κ1) is 84.6. The predicted molar refractivity (Wildman–Crippen MR) is 617 cm³/mol. The van der Waals surface area contributed by atoms with Crippen molar-refractivity contribution in [3.63, 3.8) is 0 Å². The van der Waals surface area contributed by atoms with Crippen LogP contribution in [0.2, 0.25) is 0 Å². The topological polar surface area (TPSA) is 108 Å². The standard InChI is InChI=1S/C51H30N2.C44H27N5.C41H27N2OP/c1-2-13-33-28-46-44(27-32(33)12-1)40-25-24-34(29-49(40)53-48-23-10-9-22-47(48)52-51(46)53)31-14-11-15-35(26-31)43-30-45-38-18-4-3-16-36(38)37-17-5-7-20-41(37)50(45)42-21-8-6-19-39(42)43;1-3-11-29(12-4-1)41-46-42(30-13-5-2-6-14-30)48-43(47-41)31-21-19-28(20-22-31)34-23-24-35-36-25-32-15-7-8-16-33(32)26-37(36)44-45-38-17-9-10-18-39(38)49(44)40(35)27-34;44-45(32-13-3-1-4-14-32,33-15-5-2-6-16-33)34-22-19-28(20-23-34)31-21-24-35-36-25-29-11-7-8-12-30(29)26-37(36)41-42-38-17-9-10-18-39(38)43(41)40(35)27-31/h1-30H;1-27H;1-27H. The number of aromatic nitrogens is 9. The molecule has 0 aliphatic heterocycles. The van der Waals surface area contributed by atoms with E-state index in [1.54, 1.807) is 0 Å². The molecule has 24 aromatic carbocycles. The molecule has 7 heterocycles. The first-order valence-electron chi connectivity index (χ1n) is 49.9. The molecule has 0 spiro atoms. The molecule has 0 amide bonds. The lowest BCUT2D eigenvalue weighted by Gasteiger charge is -2.20. The molecule has 0 radical (unpaired) electrons. The third-order valence-corrected chi connectivity index (χ3v) is 33.0. The summed E-state index contributed by atoms with van der Waals surface area (Å²) in [6.45, 7) is 0. The molecule has 0 saturated carbocycles. The minimum atomic E-state index is -3.04. The van der Waals surface area contributed by atoms with Crippen LogP contribution in [0.25, 0.3) is 269 Å². The molecular weight excluding hydrogens is 1810 g/mol. The Morgan fingerprint density at radius 2 is 0.429 bits per heavy atom. The van der Waals surface area contributed by atoms with Gasteiger partial charge in [0.15, 0.2) is 24.6 Å². The van der Waals surface area contributed by atoms with Gasteiger partial charge in [-0.15, -0.1) is 0 Å². The van der Waals surface area contributed by atoms with Crippen molar-refractivity contribution < 1.29 is 4.57 Å². The summed E-state index contributed by atoms with van der Waals surface area (Å²) in [5.74, 6) is 1.95. The molecule has 10 nitrogen and oxygen atoms in total. The minimum absolute atomic E-state index is 0.642. The van der Waals surface area contributed by atoms with Crippen LogP contribution in [-0.4, -0.2) is 43.1 Å². The van der Waals surface area contributed by atoms with E-state index in [1.807, 2.05) is 140 Å². The SMILES string of the molecule is O=P(c1ccccc1)(c1ccccc1)c1ccc(-c2ccc3c4cc5ccccc5cc4c4nc5ccccc5n4c3c2)cc1.c1cc(-c2ccc3c4cc5ccccc5cc4c4nc5ccccc5n4c3c2)cc(-c2cc3c4ccccc4c4ccccc4c3c3ccccc23)c1.c1ccc(-c2nc(-c3ccccc3)nc(-c3ccc(-c4ccc5c6cc7ccccc7cc6c6nc7ccccc7n6c5c4)cc3)n2)cc1. The number of hydrogen-bond donors (Lipinski definition) is 0. The van der Waals surface area contributed by atoms with E-state index in [2.05, 4.69) is 383 Å². The highest BCUT2D eigenvalue weighted by molar-refractivity contribution is 7.85. The average molecular weight is 1890 g/mol. The molecule has 31 rings (SSSR count). The fourth-order valence-electron chi connectivity index (χ4n) is 22.9. The monoisotopic (exact) mass is 1890 g/mol. The van der Waals surface area contributed by atoms with E-state index in [1.165, 1.54) is 135 Å². The van der Waals surface area contributed by atoms with E-state index in [4.69, 9.17) is 29.9 Å². The maximum absolute atomic E-state index is 14.9. The first-order valence-corrected chi connectivity index (χ1v) is 51.6. The Bertz CT molecular complexity index is 10800. The van der Waals surface area contributed by atoms with Crippen molar-refractivity contribution in [2.24, 2.45) is 0 Å². The molecule has 0 aliphatic carbocycles. The van der Waals surface area contributed by atoms with Crippen molar-refractivity contribution >= 4 is 214 Å². The van der Waals surface area contributed by atoms with Crippen LogP contribution in [0.1, 0.15) is 0 Å². The number of nitrogens with zero attached hydrogens (tertiary/aromatic N) is 9. The summed E-state index contributed by atoms with van der Waals surface area (Å²) in [6.07, 6.45) is 0. The van der Waals surface area contributed by atoms with E-state index in [-0.39, 0.29) is 0 Å². The number of pyridine rings is 3. The van der Waals surface area contributed by atoms with E-state index >= 15 is 0 Å². The lowest BCUT2D eigenvalue weighted by atomic mass is 9.87. The van der Waals surface area contributed by atoms with E-state index in [0.717, 1.165) is 132 Å². The molecule has 0 aliphatic rings. The van der Waals surface area contributed by atoms with Gasteiger partial charge in [-0.3, -0.25) is 13.2 Å². The number of fused-ring (bicyclic) bond motifs is 35. The summed E-state index contributed by atoms with van der Waals surface area (Å²) in [4.78, 5) is 30.2. The van der Waals surface area contributed by atoms with Gasteiger partial charge in [-0.25, -0.2) is 29.9 Å². The third kappa shape index (κ3) is 14.0. The molecule has 0 atom stereocenters. The van der Waals surface area contributed by atoms with E-state index < -0.39 is 7.14 Å². The highest BCUT2D eigenvalue weighted by Gasteiger charge is 2.31. The summed E-state index contributed by atoms with van der Waals surface area (Å²) >= 11 is 0. The fraction of sp³-hybridized carbons (Fsp3) is 0. The van der Waals surface area contributed by atoms with E-state index in [0.29, 0.717) is 17.5 Å². The van der Waals surface area contributed by atoms with Gasteiger partial charge in [-0.05, 0) is 239 Å². The number of benzene rings is 24. The molecular formula is C136H84N9OP. The van der Waals surface area contributed by atoms with Crippen molar-refractivity contribution in [3.05, 3.63) is 510 Å². The second-order valence-electron chi connectivity index (χ2n) is 38.2. The van der Waals surface area contributed by atoms with Gasteiger partial charge in [0.05, 0.1) is 49.7 Å². The van der Waals surface area contributed by atoms with Gasteiger partial charge >= 0.3 is 0 Å². The third-order valence-electron chi connectivity index (χ3n) is 29.9. The molecule has 0 unspecified atom stereocenters. The van der Waals surface area contributed by atoms with Crippen LogP contribution in [0, 0.1) is 0 Å². The molecule has 11 heteroatoms. The molecule has 684 valence electrons. The molecule has 0 saturated heterocycles. The van der Waals surface area contributed by atoms with Crippen molar-refractivity contribution in [3.8, 4) is 78.7 Å². The summed E-state index contributed by atoms with van der Waals surface area (Å²) in [5, 5.41) is 30.9. The normalized spacial score (nSPS) is 12.0. The van der Waals surface area contributed by atoms with Crippen molar-refractivity contribution in [2.45, 2.75) is 0 Å². The first-order chi connectivity index (χ1) is 72.7. The summed E-state index contributed by atoms with van der Waals surface area (Å²) in [5.41, 5.74) is 24.7. The summed E-state index contributed by atoms with van der Waals surface area (Å²) < 4.78 is 21.9. The van der Waals surface area contributed by atoms with Crippen molar-refractivity contribution in [2.75, 3.05) is 0 Å². The van der Waals surface area contributed by atoms with Crippen LogP contribution in [0.3, 0.4) is 0 Å². The fourth-order valence-corrected chi connectivity index (χ4v) is 25.5. The van der Waals surface area contributed by atoms with Gasteiger partial charge in [-0.1, -0.05) is 406 Å². The van der Waals surface area contributed by atoms with Crippen molar-refractivity contribution in [1.82, 2.24) is 43.1 Å². The average Bonchev–Trinajstić information content (AvgIpc) is 1.01. The van der Waals surface area contributed by atoms with Gasteiger partial charge in [0, 0.05) is 64.9 Å². The Balaban J connectivity index is 0.000000105. The van der Waals surface area contributed by atoms with Gasteiger partial charge in [0.2, 0.25) is 0 Å². The largest absolute Gasteiger partial charge is 0.309 e. The zero-order valence-corrected chi connectivity index (χ0v) is 80.3. The molecule has 0 fully saturated rings. The Morgan fingerprint density at radius 1 is 0.156 bits per heavy atom. The van der Waals surface area contributed by atoms with Crippen LogP contribution < -0.4 is 15.9 Å². The number of imidazole rings is 3. The van der Waals surface area contributed by atoms with Gasteiger partial charge in [0.1, 0.15) is 16.9 Å². The quantitative estimate of drug-likeness (QED) is 0.0762. The molecule has 0 bridgehead atoms. The maximum Gasteiger partial charge on any atom is 0.171 e. The lowest BCUT2D eigenvalue weighted by Crippen LogP contribution is -2.24. The van der Waals surface area contributed by atoms with Crippen LogP contribution in [0.5, 0.6) is 0 Å². The minimum Gasteiger partial charge on any atom is -0.309 e. The number of para-hydroxylation sites is 6. The lowest BCUT2D eigenvalue weighted by molar-refractivity contribution is 0.592. The van der Waals surface area contributed by atoms with E-state index in [9.17, 15) is 4.57 Å². The zero-order valence-electron chi connectivity index (χ0n) is 79.4. The molecule has 31 aromatic rings. The van der Waals surface area contributed by atoms with Gasteiger partial charge in [-0.2, -0.15) is 0 Å². The van der Waals surface area contributed by atoms with Gasteiger partial charge in [0.25, 0.3) is 0 Å². The van der Waals surface area contributed by atoms with Crippen LogP contribution in [-0.2, 0) is 4.57 Å². The highest BCUT2D eigenvalue weighted by Crippen LogP contribution is 2.49. The number of hydrogen-bond acceptors (Lipinski definition) is 7. The smallest absolute Gasteiger partial charge is 0.171 e. The summed E-state index contributed by atoms with van der Waals surface area (Å²) in [6, 6.07) is 180. The second-order valence-corrected chi connectivity index (χ2v) is 41.0. The Labute approximate surface area is 843 Å². The Kier molecular flexibility index (Phi) is 19.7. The molecule has 7 aromatic heterocycles. The second kappa shape index (κ2) is 34.3. The zero-order chi connectivity index (χ0) is 96.9. The Hall–Kier alpha value is -19.3. The number of rotatable bonds is 10. The molecule has 147 heavy (non-hydrogen) atoms. The summed E-state index contributed by atoms with van der Waals surface area (Å²) in [7, 11) is -3.04.